The zero-order chi connectivity index (χ0) is 19.9. The first kappa shape index (κ1) is 21.6. The molecule has 2 rings (SSSR count). The molecule has 3 nitrogen and oxygen atoms in total. The van der Waals surface area contributed by atoms with Crippen LogP contribution in [-0.4, -0.2) is 20.5 Å². The van der Waals surface area contributed by atoms with Crippen LogP contribution in [0.4, 0.5) is 4.39 Å². The van der Waals surface area contributed by atoms with Crippen molar-refractivity contribution in [2.75, 3.05) is 5.88 Å². The van der Waals surface area contributed by atoms with Gasteiger partial charge in [-0.05, 0) is 57.4 Å². The molecule has 0 radical (unpaired) electrons. The first-order valence-electron chi connectivity index (χ1n) is 8.83. The summed E-state index contributed by atoms with van der Waals surface area (Å²) in [4.78, 5) is 0. The lowest BCUT2D eigenvalue weighted by Crippen LogP contribution is -2.21. The number of alkyl halides is 1. The molecule has 0 spiro atoms. The van der Waals surface area contributed by atoms with Crippen LogP contribution in [0.2, 0.25) is 0 Å². The molecule has 0 amide bonds. The molecule has 2 aromatic rings. The summed E-state index contributed by atoms with van der Waals surface area (Å²) in [7, 11) is -1.46. The minimum Gasteiger partial charge on any atom is -0.488 e. The first-order chi connectivity index (χ1) is 12.8. The molecule has 0 aliphatic rings. The Morgan fingerprint density at radius 3 is 2.52 bits per heavy atom. The van der Waals surface area contributed by atoms with Gasteiger partial charge in [0.2, 0.25) is 0 Å². The SMILES string of the molecule is CC(C)(C)[S@](=O)/N=C(\CCCCl)c1cc(F)ccc1OCc1ccccc1. The number of hydrogen-bond acceptors (Lipinski definition) is 2. The second kappa shape index (κ2) is 10.00. The molecule has 0 bridgehead atoms. The smallest absolute Gasteiger partial charge is 0.145 e. The maximum atomic E-state index is 14.0. The third-order valence-corrected chi connectivity index (χ3v) is 5.46. The van der Waals surface area contributed by atoms with E-state index < -0.39 is 21.5 Å². The van der Waals surface area contributed by atoms with Gasteiger partial charge in [-0.25, -0.2) is 8.60 Å². The molecule has 0 saturated heterocycles. The van der Waals surface area contributed by atoms with Crippen molar-refractivity contribution in [1.29, 1.82) is 0 Å². The molecular formula is C21H25ClFNO2S. The van der Waals surface area contributed by atoms with Gasteiger partial charge in [0.1, 0.15) is 29.2 Å². The minimum atomic E-state index is -1.46. The largest absolute Gasteiger partial charge is 0.488 e. The average molecular weight is 410 g/mol. The topological polar surface area (TPSA) is 38.7 Å². The predicted molar refractivity (Wildman–Crippen MR) is 112 cm³/mol. The van der Waals surface area contributed by atoms with E-state index in [-0.39, 0.29) is 0 Å². The second-order valence-corrected chi connectivity index (χ2v) is 9.39. The van der Waals surface area contributed by atoms with E-state index in [1.165, 1.54) is 12.1 Å². The summed E-state index contributed by atoms with van der Waals surface area (Å²) in [6.45, 7) is 5.91. The lowest BCUT2D eigenvalue weighted by Gasteiger charge is -2.17. The van der Waals surface area contributed by atoms with Crippen molar-refractivity contribution in [2.45, 2.75) is 45.0 Å². The average Bonchev–Trinajstić information content (AvgIpc) is 2.64. The van der Waals surface area contributed by atoms with E-state index in [1.807, 2.05) is 51.1 Å². The van der Waals surface area contributed by atoms with Crippen LogP contribution in [0, 0.1) is 5.82 Å². The van der Waals surface area contributed by atoms with Gasteiger partial charge in [-0.1, -0.05) is 30.3 Å². The van der Waals surface area contributed by atoms with Crippen molar-refractivity contribution in [3.8, 4) is 5.75 Å². The molecule has 0 aliphatic carbocycles. The molecule has 0 heterocycles. The van der Waals surface area contributed by atoms with Crippen LogP contribution in [0.15, 0.2) is 52.9 Å². The second-order valence-electron chi connectivity index (χ2n) is 7.11. The molecule has 0 fully saturated rings. The molecule has 0 N–H and O–H groups in total. The predicted octanol–water partition coefficient (Wildman–Crippen LogP) is 5.68. The van der Waals surface area contributed by atoms with Crippen molar-refractivity contribution in [3.63, 3.8) is 0 Å². The first-order valence-corrected chi connectivity index (χ1v) is 10.5. The number of ether oxygens (including phenoxy) is 1. The quantitative estimate of drug-likeness (QED) is 0.416. The highest BCUT2D eigenvalue weighted by molar-refractivity contribution is 7.85. The summed E-state index contributed by atoms with van der Waals surface area (Å²) < 4.78 is 36.3. The van der Waals surface area contributed by atoms with Gasteiger partial charge in [-0.3, -0.25) is 0 Å². The van der Waals surface area contributed by atoms with E-state index in [1.54, 1.807) is 6.07 Å². The van der Waals surface area contributed by atoms with E-state index in [4.69, 9.17) is 16.3 Å². The van der Waals surface area contributed by atoms with E-state index in [9.17, 15) is 8.60 Å². The maximum Gasteiger partial charge on any atom is 0.145 e. The fraction of sp³-hybridized carbons (Fsp3) is 0.381. The van der Waals surface area contributed by atoms with E-state index in [2.05, 4.69) is 4.40 Å². The highest BCUT2D eigenvalue weighted by atomic mass is 35.5. The Kier molecular flexibility index (Phi) is 7.99. The van der Waals surface area contributed by atoms with Crippen molar-refractivity contribution in [1.82, 2.24) is 0 Å². The third kappa shape index (κ3) is 6.74. The summed E-state index contributed by atoms with van der Waals surface area (Å²) >= 11 is 5.84. The van der Waals surface area contributed by atoms with Gasteiger partial charge < -0.3 is 4.74 Å². The van der Waals surface area contributed by atoms with Gasteiger partial charge in [-0.2, -0.15) is 4.40 Å². The van der Waals surface area contributed by atoms with Gasteiger partial charge >= 0.3 is 0 Å². The zero-order valence-electron chi connectivity index (χ0n) is 15.9. The van der Waals surface area contributed by atoms with Crippen LogP contribution in [-0.2, 0) is 17.6 Å². The summed E-state index contributed by atoms with van der Waals surface area (Å²) in [6.07, 6.45) is 1.15. The van der Waals surface area contributed by atoms with Crippen molar-refractivity contribution in [2.24, 2.45) is 4.40 Å². The van der Waals surface area contributed by atoms with E-state index in [0.717, 1.165) is 5.56 Å². The standard InChI is InChI=1S/C21H25ClFNO2S/c1-21(2,3)27(25)24-19(10-7-13-22)18-14-17(23)11-12-20(18)26-15-16-8-5-4-6-9-16/h4-6,8-9,11-12,14H,7,10,13,15H2,1-3H3/b24-19+/t27-/m0/s1. The fourth-order valence-electron chi connectivity index (χ4n) is 2.29. The third-order valence-electron chi connectivity index (χ3n) is 3.75. The van der Waals surface area contributed by atoms with E-state index >= 15 is 0 Å². The molecule has 1 atom stereocenters. The molecule has 146 valence electrons. The van der Waals surface area contributed by atoms with Crippen LogP contribution in [0.5, 0.6) is 5.75 Å². The van der Waals surface area contributed by atoms with Crippen LogP contribution >= 0.6 is 11.6 Å². The van der Waals surface area contributed by atoms with Crippen LogP contribution in [0.25, 0.3) is 0 Å². The Morgan fingerprint density at radius 2 is 1.89 bits per heavy atom. The van der Waals surface area contributed by atoms with Crippen molar-refractivity contribution >= 4 is 28.3 Å². The normalized spacial score (nSPS) is 13.4. The Bertz CT molecular complexity index is 804. The lowest BCUT2D eigenvalue weighted by molar-refractivity contribution is 0.305. The highest BCUT2D eigenvalue weighted by Gasteiger charge is 2.21. The number of halogens is 2. The van der Waals surface area contributed by atoms with Gasteiger partial charge in [0, 0.05) is 11.4 Å². The van der Waals surface area contributed by atoms with Gasteiger partial charge in [0.25, 0.3) is 0 Å². The molecule has 6 heteroatoms. The number of rotatable bonds is 8. The number of nitrogens with zero attached hydrogens (tertiary/aromatic N) is 1. The molecule has 0 unspecified atom stereocenters. The maximum absolute atomic E-state index is 14.0. The Balaban J connectivity index is 2.37. The molecule has 0 saturated carbocycles. The van der Waals surface area contributed by atoms with Gasteiger partial charge in [0.15, 0.2) is 0 Å². The summed E-state index contributed by atoms with van der Waals surface area (Å²) in [5, 5.41) is 0. The van der Waals surface area contributed by atoms with Crippen LogP contribution in [0.1, 0.15) is 44.7 Å². The molecular weight excluding hydrogens is 385 g/mol. The van der Waals surface area contributed by atoms with Crippen LogP contribution in [0.3, 0.4) is 0 Å². The Labute approximate surface area is 168 Å². The monoisotopic (exact) mass is 409 g/mol. The lowest BCUT2D eigenvalue weighted by atomic mass is 10.0. The molecule has 0 aromatic heterocycles. The molecule has 27 heavy (non-hydrogen) atoms. The van der Waals surface area contributed by atoms with Crippen molar-refractivity contribution in [3.05, 3.63) is 65.5 Å². The number of hydrogen-bond donors (Lipinski definition) is 0. The zero-order valence-corrected chi connectivity index (χ0v) is 17.4. The molecule has 0 aliphatic heterocycles. The Morgan fingerprint density at radius 1 is 1.19 bits per heavy atom. The summed E-state index contributed by atoms with van der Waals surface area (Å²) in [6, 6.07) is 14.0. The van der Waals surface area contributed by atoms with E-state index in [0.29, 0.717) is 42.4 Å². The van der Waals surface area contributed by atoms with Gasteiger partial charge in [-0.15, -0.1) is 11.6 Å². The summed E-state index contributed by atoms with van der Waals surface area (Å²) in [5.41, 5.74) is 2.07. The fourth-order valence-corrected chi connectivity index (χ4v) is 3.09. The molecule has 2 aromatic carbocycles. The number of benzene rings is 2. The van der Waals surface area contributed by atoms with Gasteiger partial charge in [0.05, 0.1) is 10.5 Å². The van der Waals surface area contributed by atoms with Crippen LogP contribution < -0.4 is 4.74 Å². The highest BCUT2D eigenvalue weighted by Crippen LogP contribution is 2.25. The Hall–Kier alpha value is -1.72. The summed E-state index contributed by atoms with van der Waals surface area (Å²) in [5.74, 6) is 0.563. The van der Waals surface area contributed by atoms with Crippen molar-refractivity contribution < 1.29 is 13.3 Å². The minimum absolute atomic E-state index is 0.352.